The minimum Gasteiger partial charge on any atom is -0.470 e. The molecular weight excluding hydrogens is 500 g/mol. The molecule has 3 aromatic rings. The second-order valence-corrected chi connectivity index (χ2v) is 9.39. The number of carbonyl (C=O) groups excluding carboxylic acids is 2. The van der Waals surface area contributed by atoms with Gasteiger partial charge in [-0.3, -0.25) is 14.2 Å². The molecule has 0 N–H and O–H groups in total. The number of nitrogens with zero attached hydrogens (tertiary/aromatic N) is 7. The summed E-state index contributed by atoms with van der Waals surface area (Å²) in [4.78, 5) is 42.5. The van der Waals surface area contributed by atoms with Crippen molar-refractivity contribution in [2.24, 2.45) is 0 Å². The Labute approximate surface area is 218 Å². The average Bonchev–Trinajstić information content (AvgIpc) is 3.29. The van der Waals surface area contributed by atoms with Gasteiger partial charge in [0.15, 0.2) is 5.82 Å². The summed E-state index contributed by atoms with van der Waals surface area (Å²) in [5.74, 6) is 0.129. The van der Waals surface area contributed by atoms with Crippen molar-refractivity contribution in [1.29, 1.82) is 0 Å². The van der Waals surface area contributed by atoms with Gasteiger partial charge in [-0.25, -0.2) is 13.8 Å². The number of halogens is 2. The number of hydrogen-bond donors (Lipinski definition) is 0. The largest absolute Gasteiger partial charge is 0.470 e. The zero-order valence-electron chi connectivity index (χ0n) is 21.2. The van der Waals surface area contributed by atoms with Crippen LogP contribution in [0.5, 0.6) is 5.88 Å². The predicted molar refractivity (Wildman–Crippen MR) is 134 cm³/mol. The number of amides is 2. The van der Waals surface area contributed by atoms with Gasteiger partial charge in [-0.2, -0.15) is 9.97 Å². The Hall–Kier alpha value is -3.87. The van der Waals surface area contributed by atoms with E-state index in [1.54, 1.807) is 43.3 Å². The SMILES string of the molecule is CN(C)C(=O)CCC(=O)N1CC(Oc2cc(-n3c(C(F)F)nc4ccccc43)nc(N3CCOCC3)n2)C1. The first-order valence-electron chi connectivity index (χ1n) is 12.4. The highest BCUT2D eigenvalue weighted by Crippen LogP contribution is 2.30. The van der Waals surface area contributed by atoms with Crippen LogP contribution in [0.15, 0.2) is 30.3 Å². The smallest absolute Gasteiger partial charge is 0.296 e. The summed E-state index contributed by atoms with van der Waals surface area (Å²) in [5, 5.41) is 0. The van der Waals surface area contributed by atoms with Crippen LogP contribution in [0.1, 0.15) is 25.1 Å². The summed E-state index contributed by atoms with van der Waals surface area (Å²) in [7, 11) is 3.30. The molecule has 0 bridgehead atoms. The number of rotatable bonds is 8. The molecule has 2 fully saturated rings. The van der Waals surface area contributed by atoms with Crippen LogP contribution in [0.3, 0.4) is 0 Å². The third-order valence-corrected chi connectivity index (χ3v) is 6.52. The highest BCUT2D eigenvalue weighted by Gasteiger charge is 2.33. The van der Waals surface area contributed by atoms with Gasteiger partial charge in [-0.05, 0) is 12.1 Å². The third kappa shape index (κ3) is 5.37. The molecule has 0 saturated carbocycles. The van der Waals surface area contributed by atoms with Gasteiger partial charge in [-0.1, -0.05) is 12.1 Å². The topological polar surface area (TPSA) is 106 Å². The molecule has 2 amide bonds. The molecule has 1 aromatic carbocycles. The molecular formula is C25H29F2N7O4. The van der Waals surface area contributed by atoms with Crippen molar-refractivity contribution in [3.63, 3.8) is 0 Å². The van der Waals surface area contributed by atoms with Crippen LogP contribution in [-0.2, 0) is 14.3 Å². The van der Waals surface area contributed by atoms with E-state index in [0.29, 0.717) is 56.4 Å². The van der Waals surface area contributed by atoms with Crippen LogP contribution in [0.2, 0.25) is 0 Å². The molecule has 13 heteroatoms. The van der Waals surface area contributed by atoms with Crippen molar-refractivity contribution in [3.8, 4) is 11.7 Å². The van der Waals surface area contributed by atoms with Crippen molar-refractivity contribution in [1.82, 2.24) is 29.3 Å². The van der Waals surface area contributed by atoms with Gasteiger partial charge >= 0.3 is 0 Å². The van der Waals surface area contributed by atoms with Gasteiger partial charge in [0.05, 0.1) is 37.3 Å². The molecule has 0 atom stereocenters. The number of fused-ring (bicyclic) bond motifs is 1. The maximum atomic E-state index is 14.0. The number of aromatic nitrogens is 4. The molecule has 11 nitrogen and oxygen atoms in total. The second-order valence-electron chi connectivity index (χ2n) is 9.39. The Kier molecular flexibility index (Phi) is 7.36. The normalized spacial score (nSPS) is 16.1. The summed E-state index contributed by atoms with van der Waals surface area (Å²) in [5.41, 5.74) is 0.922. The van der Waals surface area contributed by atoms with Gasteiger partial charge in [0.25, 0.3) is 6.43 Å². The molecule has 2 aliphatic rings. The molecule has 5 rings (SSSR count). The number of likely N-dealkylation sites (tertiary alicyclic amines) is 1. The molecule has 0 radical (unpaired) electrons. The maximum absolute atomic E-state index is 14.0. The number of hydrogen-bond acceptors (Lipinski definition) is 8. The monoisotopic (exact) mass is 529 g/mol. The molecule has 2 saturated heterocycles. The molecule has 38 heavy (non-hydrogen) atoms. The van der Waals surface area contributed by atoms with E-state index in [1.165, 1.54) is 15.5 Å². The maximum Gasteiger partial charge on any atom is 0.296 e. The molecule has 202 valence electrons. The van der Waals surface area contributed by atoms with Crippen molar-refractivity contribution < 1.29 is 27.8 Å². The number of benzene rings is 1. The summed E-state index contributed by atoms with van der Waals surface area (Å²) in [6.07, 6.45) is -2.86. The standard InChI is InChI=1S/C25H29F2N7O4/c1-31(2)21(35)7-8-22(36)33-14-16(15-33)38-20-13-19(29-25(30-20)32-9-11-37-12-10-32)34-18-6-4-3-5-17(18)28-24(34)23(26)27/h3-6,13,16,23H,7-12,14-15H2,1-2H3. The number of imidazole rings is 1. The number of anilines is 1. The fraction of sp³-hybridized carbons (Fsp3) is 0.480. The molecule has 0 aliphatic carbocycles. The fourth-order valence-electron chi connectivity index (χ4n) is 4.40. The summed E-state index contributed by atoms with van der Waals surface area (Å²) >= 11 is 0. The van der Waals surface area contributed by atoms with Gasteiger partial charge in [0.2, 0.25) is 23.6 Å². The van der Waals surface area contributed by atoms with Gasteiger partial charge in [0, 0.05) is 46.1 Å². The lowest BCUT2D eigenvalue weighted by Gasteiger charge is -2.39. The Bertz CT molecular complexity index is 1320. The number of carbonyl (C=O) groups is 2. The summed E-state index contributed by atoms with van der Waals surface area (Å²) in [6, 6.07) is 8.39. The lowest BCUT2D eigenvalue weighted by molar-refractivity contribution is -0.142. The van der Waals surface area contributed by atoms with Gasteiger partial charge in [-0.15, -0.1) is 0 Å². The third-order valence-electron chi connectivity index (χ3n) is 6.52. The first-order valence-corrected chi connectivity index (χ1v) is 12.4. The first-order chi connectivity index (χ1) is 18.3. The molecule has 0 unspecified atom stereocenters. The van der Waals surface area contributed by atoms with Crippen LogP contribution >= 0.6 is 0 Å². The van der Waals surface area contributed by atoms with E-state index in [2.05, 4.69) is 15.0 Å². The van der Waals surface area contributed by atoms with Crippen molar-refractivity contribution in [3.05, 3.63) is 36.2 Å². The van der Waals surface area contributed by atoms with Crippen LogP contribution in [0, 0.1) is 0 Å². The van der Waals surface area contributed by atoms with Crippen LogP contribution < -0.4 is 9.64 Å². The highest BCUT2D eigenvalue weighted by atomic mass is 19.3. The molecule has 4 heterocycles. The summed E-state index contributed by atoms with van der Waals surface area (Å²) in [6.45, 7) is 2.78. The molecule has 2 aliphatic heterocycles. The van der Waals surface area contributed by atoms with E-state index in [-0.39, 0.29) is 42.5 Å². The van der Waals surface area contributed by atoms with E-state index in [4.69, 9.17) is 9.47 Å². The lowest BCUT2D eigenvalue weighted by atomic mass is 10.1. The van der Waals surface area contributed by atoms with Crippen molar-refractivity contribution in [2.75, 3.05) is 58.4 Å². The first kappa shape index (κ1) is 25.8. The number of para-hydroxylation sites is 2. The Balaban J connectivity index is 1.39. The van der Waals surface area contributed by atoms with Gasteiger partial charge in [0.1, 0.15) is 11.9 Å². The van der Waals surface area contributed by atoms with Crippen LogP contribution in [-0.4, -0.2) is 101 Å². The minimum absolute atomic E-state index is 0.106. The lowest BCUT2D eigenvalue weighted by Crippen LogP contribution is -2.56. The highest BCUT2D eigenvalue weighted by molar-refractivity contribution is 5.84. The Morgan fingerprint density at radius 1 is 1.11 bits per heavy atom. The number of alkyl halides is 2. The number of ether oxygens (including phenoxy) is 2. The molecule has 0 spiro atoms. The minimum atomic E-state index is -2.82. The van der Waals surface area contributed by atoms with E-state index < -0.39 is 12.2 Å². The van der Waals surface area contributed by atoms with Crippen molar-refractivity contribution >= 4 is 28.8 Å². The zero-order valence-corrected chi connectivity index (χ0v) is 21.2. The van der Waals surface area contributed by atoms with Crippen LogP contribution in [0.25, 0.3) is 16.9 Å². The fourth-order valence-corrected chi connectivity index (χ4v) is 4.40. The Morgan fingerprint density at radius 2 is 1.84 bits per heavy atom. The Morgan fingerprint density at radius 3 is 2.55 bits per heavy atom. The summed E-state index contributed by atoms with van der Waals surface area (Å²) < 4.78 is 40.9. The van der Waals surface area contributed by atoms with Crippen LogP contribution in [0.4, 0.5) is 14.7 Å². The number of morpholine rings is 1. The van der Waals surface area contributed by atoms with E-state index in [9.17, 15) is 18.4 Å². The quantitative estimate of drug-likeness (QED) is 0.437. The predicted octanol–water partition coefficient (Wildman–Crippen LogP) is 2.05. The van der Waals surface area contributed by atoms with E-state index in [1.807, 2.05) is 4.90 Å². The average molecular weight is 530 g/mol. The van der Waals surface area contributed by atoms with Gasteiger partial charge < -0.3 is 24.2 Å². The zero-order chi connectivity index (χ0) is 26.8. The van der Waals surface area contributed by atoms with E-state index in [0.717, 1.165) is 0 Å². The second kappa shape index (κ2) is 10.9. The van der Waals surface area contributed by atoms with Crippen molar-refractivity contribution in [2.45, 2.75) is 25.4 Å². The van der Waals surface area contributed by atoms with E-state index >= 15 is 0 Å². The molecule has 2 aromatic heterocycles.